The smallest absolute Gasteiger partial charge is 0.242 e. The Kier molecular flexibility index (Phi) is 5.23. The van der Waals surface area contributed by atoms with E-state index < -0.39 is 10.0 Å². The number of rotatable bonds is 9. The van der Waals surface area contributed by atoms with Crippen LogP contribution >= 0.6 is 0 Å². The molecule has 1 aliphatic rings. The minimum atomic E-state index is -3.36. The van der Waals surface area contributed by atoms with Gasteiger partial charge >= 0.3 is 0 Å². The Morgan fingerprint density at radius 2 is 2.10 bits per heavy atom. The standard InChI is InChI=1S/C14H25N3O2S/c1-3-7-15-10-13-9-14(11-17(13)2)20(18,19)16-8-6-12-4-5-12/h9,11-12,15-16H,3-8,10H2,1-2H3. The topological polar surface area (TPSA) is 63.1 Å². The monoisotopic (exact) mass is 299 g/mol. The van der Waals surface area contributed by atoms with Gasteiger partial charge in [-0.15, -0.1) is 0 Å². The van der Waals surface area contributed by atoms with Gasteiger partial charge in [-0.1, -0.05) is 19.8 Å². The molecule has 1 aliphatic carbocycles. The van der Waals surface area contributed by atoms with E-state index in [1.54, 1.807) is 12.3 Å². The fraction of sp³-hybridized carbons (Fsp3) is 0.714. The number of nitrogens with one attached hydrogen (secondary N) is 2. The zero-order chi connectivity index (χ0) is 14.6. The first-order valence-electron chi connectivity index (χ1n) is 7.38. The fourth-order valence-electron chi connectivity index (χ4n) is 2.18. The van der Waals surface area contributed by atoms with E-state index in [4.69, 9.17) is 0 Å². The highest BCUT2D eigenvalue weighted by atomic mass is 32.2. The lowest BCUT2D eigenvalue weighted by Crippen LogP contribution is -2.24. The highest BCUT2D eigenvalue weighted by molar-refractivity contribution is 7.89. The predicted octanol–water partition coefficient (Wildman–Crippen LogP) is 1.60. The molecule has 0 saturated heterocycles. The average molecular weight is 299 g/mol. The lowest BCUT2D eigenvalue weighted by molar-refractivity contribution is 0.575. The lowest BCUT2D eigenvalue weighted by Gasteiger charge is -2.03. The van der Waals surface area contributed by atoms with Crippen LogP contribution in [0.1, 0.15) is 38.3 Å². The summed E-state index contributed by atoms with van der Waals surface area (Å²) in [5, 5.41) is 3.29. The van der Waals surface area contributed by atoms with Crippen molar-refractivity contribution in [1.29, 1.82) is 0 Å². The largest absolute Gasteiger partial charge is 0.352 e. The minimum Gasteiger partial charge on any atom is -0.352 e. The van der Waals surface area contributed by atoms with Crippen molar-refractivity contribution in [3.8, 4) is 0 Å². The third kappa shape index (κ3) is 4.33. The van der Waals surface area contributed by atoms with E-state index in [-0.39, 0.29) is 0 Å². The maximum atomic E-state index is 12.2. The number of sulfonamides is 1. The maximum Gasteiger partial charge on any atom is 0.242 e. The highest BCUT2D eigenvalue weighted by Crippen LogP contribution is 2.31. The summed E-state index contributed by atoms with van der Waals surface area (Å²) < 4.78 is 28.9. The Morgan fingerprint density at radius 1 is 1.35 bits per heavy atom. The zero-order valence-electron chi connectivity index (χ0n) is 12.4. The Labute approximate surface area is 121 Å². The van der Waals surface area contributed by atoms with Crippen LogP contribution in [0.5, 0.6) is 0 Å². The minimum absolute atomic E-state index is 0.365. The molecule has 0 amide bonds. The number of aryl methyl sites for hydroxylation is 1. The van der Waals surface area contributed by atoms with E-state index in [0.29, 0.717) is 18.0 Å². The summed E-state index contributed by atoms with van der Waals surface area (Å²) in [6, 6.07) is 1.75. The van der Waals surface area contributed by atoms with Crippen molar-refractivity contribution in [1.82, 2.24) is 14.6 Å². The van der Waals surface area contributed by atoms with Crippen LogP contribution in [0.4, 0.5) is 0 Å². The Balaban J connectivity index is 1.93. The maximum absolute atomic E-state index is 12.2. The third-order valence-corrected chi connectivity index (χ3v) is 5.10. The molecule has 5 nitrogen and oxygen atoms in total. The van der Waals surface area contributed by atoms with Gasteiger partial charge in [0.2, 0.25) is 10.0 Å². The molecule has 114 valence electrons. The Bertz CT molecular complexity index is 533. The van der Waals surface area contributed by atoms with Crippen LogP contribution in [-0.4, -0.2) is 26.1 Å². The van der Waals surface area contributed by atoms with Crippen molar-refractivity contribution in [2.75, 3.05) is 13.1 Å². The van der Waals surface area contributed by atoms with Crippen LogP contribution in [0.25, 0.3) is 0 Å². The SMILES string of the molecule is CCCNCc1cc(S(=O)(=O)NCCC2CC2)cn1C. The number of aromatic nitrogens is 1. The van der Waals surface area contributed by atoms with E-state index in [1.165, 1.54) is 12.8 Å². The summed E-state index contributed by atoms with van der Waals surface area (Å²) in [5.74, 6) is 0.738. The molecule has 0 spiro atoms. The molecule has 1 fully saturated rings. The highest BCUT2D eigenvalue weighted by Gasteiger charge is 2.22. The van der Waals surface area contributed by atoms with Gasteiger partial charge < -0.3 is 9.88 Å². The van der Waals surface area contributed by atoms with Crippen LogP contribution in [0.15, 0.2) is 17.2 Å². The van der Waals surface area contributed by atoms with Crippen LogP contribution in [-0.2, 0) is 23.6 Å². The Hall–Kier alpha value is -0.850. The zero-order valence-corrected chi connectivity index (χ0v) is 13.2. The summed E-state index contributed by atoms with van der Waals surface area (Å²) in [5.41, 5.74) is 0.987. The quantitative estimate of drug-likeness (QED) is 0.681. The van der Waals surface area contributed by atoms with Gasteiger partial charge in [-0.25, -0.2) is 13.1 Å². The van der Waals surface area contributed by atoms with Gasteiger partial charge in [0.05, 0.1) is 4.90 Å². The second-order valence-corrected chi connectivity index (χ2v) is 7.35. The van der Waals surface area contributed by atoms with Gasteiger partial charge in [0.25, 0.3) is 0 Å². The molecule has 1 aromatic rings. The first-order chi connectivity index (χ1) is 9.53. The summed E-state index contributed by atoms with van der Waals surface area (Å²) in [6.07, 6.45) is 6.21. The van der Waals surface area contributed by atoms with Crippen molar-refractivity contribution < 1.29 is 8.42 Å². The number of hydrogen-bond acceptors (Lipinski definition) is 3. The molecule has 1 heterocycles. The summed E-state index contributed by atoms with van der Waals surface area (Å²) >= 11 is 0. The van der Waals surface area contributed by atoms with Gasteiger partial charge in [0, 0.05) is 32.0 Å². The van der Waals surface area contributed by atoms with E-state index in [2.05, 4.69) is 17.0 Å². The third-order valence-electron chi connectivity index (χ3n) is 3.67. The number of nitrogens with zero attached hydrogens (tertiary/aromatic N) is 1. The molecule has 0 radical (unpaired) electrons. The lowest BCUT2D eigenvalue weighted by atomic mass is 10.3. The summed E-state index contributed by atoms with van der Waals surface area (Å²) in [4.78, 5) is 0.365. The molecular formula is C14H25N3O2S. The van der Waals surface area contributed by atoms with Crippen LogP contribution in [0.3, 0.4) is 0 Å². The first-order valence-corrected chi connectivity index (χ1v) is 8.87. The normalized spacial score (nSPS) is 15.7. The molecule has 1 saturated carbocycles. The predicted molar refractivity (Wildman–Crippen MR) is 79.9 cm³/mol. The Morgan fingerprint density at radius 3 is 2.75 bits per heavy atom. The van der Waals surface area contributed by atoms with E-state index in [0.717, 1.165) is 31.0 Å². The molecule has 0 aliphatic heterocycles. The van der Waals surface area contributed by atoms with Gasteiger partial charge in [-0.2, -0.15) is 0 Å². The summed E-state index contributed by atoms with van der Waals surface area (Å²) in [7, 11) is -1.48. The molecule has 6 heteroatoms. The van der Waals surface area contributed by atoms with Crippen molar-refractivity contribution in [3.05, 3.63) is 18.0 Å². The van der Waals surface area contributed by atoms with Crippen molar-refractivity contribution in [3.63, 3.8) is 0 Å². The molecule has 2 rings (SSSR count). The van der Waals surface area contributed by atoms with E-state index in [9.17, 15) is 8.42 Å². The van der Waals surface area contributed by atoms with Gasteiger partial charge in [0.1, 0.15) is 0 Å². The molecule has 1 aromatic heterocycles. The molecule has 2 N–H and O–H groups in total. The second-order valence-electron chi connectivity index (χ2n) is 5.58. The number of hydrogen-bond donors (Lipinski definition) is 2. The van der Waals surface area contributed by atoms with Crippen LogP contribution in [0, 0.1) is 5.92 Å². The molecule has 0 atom stereocenters. The molecular weight excluding hydrogens is 274 g/mol. The molecule has 20 heavy (non-hydrogen) atoms. The van der Waals surface area contributed by atoms with E-state index >= 15 is 0 Å². The summed E-state index contributed by atoms with van der Waals surface area (Å²) in [6.45, 7) is 4.29. The van der Waals surface area contributed by atoms with Crippen molar-refractivity contribution >= 4 is 10.0 Å². The van der Waals surface area contributed by atoms with Crippen LogP contribution in [0.2, 0.25) is 0 Å². The van der Waals surface area contributed by atoms with E-state index in [1.807, 2.05) is 11.6 Å². The van der Waals surface area contributed by atoms with Gasteiger partial charge in [-0.3, -0.25) is 0 Å². The van der Waals surface area contributed by atoms with Crippen molar-refractivity contribution in [2.45, 2.75) is 44.0 Å². The molecule has 0 aromatic carbocycles. The van der Waals surface area contributed by atoms with Crippen LogP contribution < -0.4 is 10.0 Å². The molecule has 0 unspecified atom stereocenters. The average Bonchev–Trinajstić information content (AvgIpc) is 3.13. The first kappa shape index (κ1) is 15.5. The molecule has 0 bridgehead atoms. The van der Waals surface area contributed by atoms with Gasteiger partial charge in [0.15, 0.2) is 0 Å². The van der Waals surface area contributed by atoms with Gasteiger partial charge in [-0.05, 0) is 31.4 Å². The van der Waals surface area contributed by atoms with Crippen molar-refractivity contribution in [2.24, 2.45) is 13.0 Å². The fourth-order valence-corrected chi connectivity index (χ4v) is 3.32. The second kappa shape index (κ2) is 6.74.